The smallest absolute Gasteiger partial charge is 0.123 e. The first-order valence-electron chi connectivity index (χ1n) is 8.59. The zero-order valence-electron chi connectivity index (χ0n) is 14.5. The first-order valence-corrected chi connectivity index (χ1v) is 8.59. The van der Waals surface area contributed by atoms with Crippen LogP contribution in [0.2, 0.25) is 0 Å². The van der Waals surface area contributed by atoms with Crippen molar-refractivity contribution in [3.8, 4) is 5.75 Å². The molecule has 22 heavy (non-hydrogen) atoms. The first-order chi connectivity index (χ1) is 10.5. The van der Waals surface area contributed by atoms with Crippen LogP contribution in [0.5, 0.6) is 5.75 Å². The average Bonchev–Trinajstić information content (AvgIpc) is 2.45. The minimum atomic E-state index is -0.425. The zero-order valence-corrected chi connectivity index (χ0v) is 14.5. The van der Waals surface area contributed by atoms with Gasteiger partial charge in [0.05, 0.1) is 0 Å². The van der Waals surface area contributed by atoms with Crippen LogP contribution in [0.15, 0.2) is 18.2 Å². The van der Waals surface area contributed by atoms with Gasteiger partial charge in [0.2, 0.25) is 0 Å². The molecule has 0 spiro atoms. The highest BCUT2D eigenvalue weighted by Crippen LogP contribution is 2.27. The van der Waals surface area contributed by atoms with Crippen molar-refractivity contribution in [2.24, 2.45) is 5.92 Å². The van der Waals surface area contributed by atoms with Crippen LogP contribution in [0.3, 0.4) is 0 Å². The molecule has 0 bridgehead atoms. The third-order valence-electron chi connectivity index (χ3n) is 4.43. The van der Waals surface area contributed by atoms with E-state index in [-0.39, 0.29) is 0 Å². The molecule has 1 aromatic rings. The number of benzene rings is 1. The lowest BCUT2D eigenvalue weighted by Crippen LogP contribution is -2.41. The van der Waals surface area contributed by atoms with Crippen molar-refractivity contribution in [1.29, 1.82) is 0 Å². The molecule has 1 aliphatic heterocycles. The summed E-state index contributed by atoms with van der Waals surface area (Å²) in [5, 5.41) is 10.3. The van der Waals surface area contributed by atoms with Crippen molar-refractivity contribution in [3.05, 3.63) is 29.3 Å². The molecule has 1 aromatic carbocycles. The van der Waals surface area contributed by atoms with Crippen molar-refractivity contribution in [1.82, 2.24) is 4.90 Å². The summed E-state index contributed by atoms with van der Waals surface area (Å²) in [5.41, 5.74) is 2.41. The molecule has 0 saturated carbocycles. The maximum absolute atomic E-state index is 10.3. The van der Waals surface area contributed by atoms with Gasteiger partial charge in [-0.2, -0.15) is 0 Å². The molecule has 3 heteroatoms. The van der Waals surface area contributed by atoms with Crippen LogP contribution in [0.25, 0.3) is 0 Å². The van der Waals surface area contributed by atoms with Gasteiger partial charge in [0.1, 0.15) is 18.5 Å². The first kappa shape index (κ1) is 17.3. The van der Waals surface area contributed by atoms with Crippen LogP contribution in [0.1, 0.15) is 50.7 Å². The molecule has 0 unspecified atom stereocenters. The van der Waals surface area contributed by atoms with E-state index in [0.717, 1.165) is 24.8 Å². The predicted molar refractivity (Wildman–Crippen MR) is 91.6 cm³/mol. The maximum atomic E-state index is 10.3. The molecule has 1 saturated heterocycles. The highest BCUT2D eigenvalue weighted by atomic mass is 16.5. The third-order valence-corrected chi connectivity index (χ3v) is 4.43. The van der Waals surface area contributed by atoms with E-state index in [1.165, 1.54) is 24.0 Å². The number of aliphatic hydroxyl groups is 1. The molecular formula is C19H31NO2. The molecular weight excluding hydrogens is 274 g/mol. The molecule has 1 heterocycles. The van der Waals surface area contributed by atoms with Gasteiger partial charge < -0.3 is 14.7 Å². The van der Waals surface area contributed by atoms with Crippen LogP contribution in [0.4, 0.5) is 0 Å². The molecule has 0 aliphatic carbocycles. The molecule has 1 aliphatic rings. The Hall–Kier alpha value is -1.06. The summed E-state index contributed by atoms with van der Waals surface area (Å²) in [7, 11) is 0. The number of hydrogen-bond donors (Lipinski definition) is 1. The number of nitrogens with zero attached hydrogens (tertiary/aromatic N) is 1. The van der Waals surface area contributed by atoms with Crippen LogP contribution in [-0.2, 0) is 0 Å². The quantitative estimate of drug-likeness (QED) is 0.872. The molecule has 2 rings (SSSR count). The Balaban J connectivity index is 1.88. The standard InChI is InChI=1S/C19H31NO2/c1-14(2)18-8-7-15(3)10-19(18)22-13-17(21)12-20-9-5-6-16(4)11-20/h7-8,10,14,16-17,21H,5-6,9,11-13H2,1-4H3/t16-,17-/m0/s1. The highest BCUT2D eigenvalue weighted by Gasteiger charge is 2.19. The fraction of sp³-hybridized carbons (Fsp3) is 0.684. The number of likely N-dealkylation sites (tertiary alicyclic amines) is 1. The molecule has 124 valence electrons. The normalized spacial score (nSPS) is 21.1. The SMILES string of the molecule is Cc1ccc(C(C)C)c(OC[C@@H](O)CN2CCC[C@H](C)C2)c1. The molecule has 1 N–H and O–H groups in total. The lowest BCUT2D eigenvalue weighted by molar-refractivity contribution is 0.0534. The lowest BCUT2D eigenvalue weighted by atomic mass is 10.00. The summed E-state index contributed by atoms with van der Waals surface area (Å²) < 4.78 is 5.93. The number of aliphatic hydroxyl groups excluding tert-OH is 1. The van der Waals surface area contributed by atoms with Crippen LogP contribution in [0, 0.1) is 12.8 Å². The van der Waals surface area contributed by atoms with Crippen LogP contribution >= 0.6 is 0 Å². The molecule has 0 radical (unpaired) electrons. The maximum Gasteiger partial charge on any atom is 0.123 e. The average molecular weight is 305 g/mol. The molecule has 3 nitrogen and oxygen atoms in total. The van der Waals surface area contributed by atoms with Crippen molar-refractivity contribution in [3.63, 3.8) is 0 Å². The minimum Gasteiger partial charge on any atom is -0.491 e. The fourth-order valence-electron chi connectivity index (χ4n) is 3.23. The van der Waals surface area contributed by atoms with E-state index in [2.05, 4.69) is 50.8 Å². The number of aryl methyl sites for hydroxylation is 1. The lowest BCUT2D eigenvalue weighted by Gasteiger charge is -2.32. The zero-order chi connectivity index (χ0) is 16.1. The van der Waals surface area contributed by atoms with E-state index in [4.69, 9.17) is 4.74 Å². The van der Waals surface area contributed by atoms with Gasteiger partial charge in [-0.3, -0.25) is 0 Å². The second-order valence-electron chi connectivity index (χ2n) is 7.17. The van der Waals surface area contributed by atoms with E-state index in [9.17, 15) is 5.11 Å². The summed E-state index contributed by atoms with van der Waals surface area (Å²) >= 11 is 0. The summed E-state index contributed by atoms with van der Waals surface area (Å²) in [6.45, 7) is 12.0. The Morgan fingerprint density at radius 2 is 2.14 bits per heavy atom. The van der Waals surface area contributed by atoms with Gasteiger partial charge in [0.25, 0.3) is 0 Å². The second-order valence-corrected chi connectivity index (χ2v) is 7.17. The summed E-state index contributed by atoms with van der Waals surface area (Å²) in [6, 6.07) is 6.33. The summed E-state index contributed by atoms with van der Waals surface area (Å²) in [4.78, 5) is 2.36. The van der Waals surface area contributed by atoms with Gasteiger partial charge in [-0.15, -0.1) is 0 Å². The number of piperidine rings is 1. The predicted octanol–water partition coefficient (Wildman–Crippen LogP) is 3.59. The third kappa shape index (κ3) is 4.99. The molecule has 0 amide bonds. The van der Waals surface area contributed by atoms with Gasteiger partial charge >= 0.3 is 0 Å². The van der Waals surface area contributed by atoms with Crippen LogP contribution in [-0.4, -0.2) is 42.4 Å². The Morgan fingerprint density at radius 1 is 1.36 bits per heavy atom. The van der Waals surface area contributed by atoms with Gasteiger partial charge in [0.15, 0.2) is 0 Å². The number of β-amino-alcohol motifs (C(OH)–C–C–N with tert-alkyl or cyclic N) is 1. The van der Waals surface area contributed by atoms with Crippen LogP contribution < -0.4 is 4.74 Å². The van der Waals surface area contributed by atoms with Crippen molar-refractivity contribution >= 4 is 0 Å². The summed E-state index contributed by atoms with van der Waals surface area (Å²) in [6.07, 6.45) is 2.12. The second kappa shape index (κ2) is 7.98. The van der Waals surface area contributed by atoms with Gasteiger partial charge in [0, 0.05) is 13.1 Å². The van der Waals surface area contributed by atoms with Crippen molar-refractivity contribution in [2.45, 2.75) is 52.6 Å². The largest absolute Gasteiger partial charge is 0.491 e. The number of rotatable bonds is 6. The Labute approximate surface area is 135 Å². The number of ether oxygens (including phenoxy) is 1. The Morgan fingerprint density at radius 3 is 2.82 bits per heavy atom. The van der Waals surface area contributed by atoms with E-state index in [1.54, 1.807) is 0 Å². The topological polar surface area (TPSA) is 32.7 Å². The minimum absolute atomic E-state index is 0.369. The van der Waals surface area contributed by atoms with Gasteiger partial charge in [-0.05, 0) is 55.3 Å². The van der Waals surface area contributed by atoms with Gasteiger partial charge in [-0.25, -0.2) is 0 Å². The van der Waals surface area contributed by atoms with E-state index in [1.807, 2.05) is 0 Å². The Kier molecular flexibility index (Phi) is 6.27. The summed E-state index contributed by atoms with van der Waals surface area (Å²) in [5.74, 6) is 2.09. The van der Waals surface area contributed by atoms with Gasteiger partial charge in [-0.1, -0.05) is 32.9 Å². The molecule has 1 fully saturated rings. The monoisotopic (exact) mass is 305 g/mol. The van der Waals surface area contributed by atoms with E-state index >= 15 is 0 Å². The molecule has 0 aromatic heterocycles. The number of hydrogen-bond acceptors (Lipinski definition) is 3. The Bertz CT molecular complexity index is 473. The highest BCUT2D eigenvalue weighted by molar-refractivity contribution is 5.39. The molecule has 2 atom stereocenters. The van der Waals surface area contributed by atoms with E-state index < -0.39 is 6.10 Å². The van der Waals surface area contributed by atoms with E-state index in [0.29, 0.717) is 19.1 Å². The van der Waals surface area contributed by atoms with Crippen molar-refractivity contribution in [2.75, 3.05) is 26.2 Å². The van der Waals surface area contributed by atoms with Crippen molar-refractivity contribution < 1.29 is 9.84 Å². The fourth-order valence-corrected chi connectivity index (χ4v) is 3.23.